The second-order valence-corrected chi connectivity index (χ2v) is 4.28. The van der Waals surface area contributed by atoms with Crippen LogP contribution in [-0.4, -0.2) is 5.78 Å². The van der Waals surface area contributed by atoms with Gasteiger partial charge in [-0.3, -0.25) is 4.79 Å². The van der Waals surface area contributed by atoms with E-state index in [0.29, 0.717) is 5.78 Å². The Hall–Kier alpha value is -0.590. The first kappa shape index (κ1) is 10.5. The van der Waals surface area contributed by atoms with Gasteiger partial charge in [0.1, 0.15) is 0 Å². The van der Waals surface area contributed by atoms with E-state index in [9.17, 15) is 4.79 Å². The van der Waals surface area contributed by atoms with E-state index in [0.717, 1.165) is 30.8 Å². The Kier molecular flexibility index (Phi) is 3.71. The molecule has 0 fully saturated rings. The molecule has 0 heterocycles. The van der Waals surface area contributed by atoms with Gasteiger partial charge in [-0.15, -0.1) is 0 Å². The number of carbonyl (C=O) groups excluding carboxylic acids is 1. The molecule has 1 aliphatic rings. The largest absolute Gasteiger partial charge is 0.294 e. The predicted molar refractivity (Wildman–Crippen MR) is 55.6 cm³/mol. The van der Waals surface area contributed by atoms with Gasteiger partial charge in [0.25, 0.3) is 0 Å². The van der Waals surface area contributed by atoms with E-state index in [1.54, 1.807) is 0 Å². The average molecular weight is 180 g/mol. The summed E-state index contributed by atoms with van der Waals surface area (Å²) in [5, 5.41) is 0. The van der Waals surface area contributed by atoms with Gasteiger partial charge in [-0.1, -0.05) is 26.8 Å². The molecule has 74 valence electrons. The Bertz CT molecular complexity index is 215. The van der Waals surface area contributed by atoms with Gasteiger partial charge >= 0.3 is 0 Å². The fourth-order valence-corrected chi connectivity index (χ4v) is 1.69. The van der Waals surface area contributed by atoms with Crippen molar-refractivity contribution in [3.05, 3.63) is 11.6 Å². The topological polar surface area (TPSA) is 17.1 Å². The third kappa shape index (κ3) is 2.68. The average Bonchev–Trinajstić information content (AvgIpc) is 2.17. The lowest BCUT2D eigenvalue weighted by molar-refractivity contribution is -0.119. The van der Waals surface area contributed by atoms with Crippen LogP contribution >= 0.6 is 0 Å². The minimum atomic E-state index is 0.222. The van der Waals surface area contributed by atoms with Crippen molar-refractivity contribution < 1.29 is 4.79 Å². The maximum absolute atomic E-state index is 11.8. The highest BCUT2D eigenvalue weighted by Gasteiger charge is 2.19. The molecule has 0 N–H and O–H groups in total. The fourth-order valence-electron chi connectivity index (χ4n) is 1.69. The maximum Gasteiger partial charge on any atom is 0.161 e. The zero-order valence-electron chi connectivity index (χ0n) is 8.97. The zero-order chi connectivity index (χ0) is 9.84. The van der Waals surface area contributed by atoms with Gasteiger partial charge in [0.05, 0.1) is 0 Å². The van der Waals surface area contributed by atoms with Crippen LogP contribution < -0.4 is 0 Å². The molecule has 0 bridgehead atoms. The van der Waals surface area contributed by atoms with Gasteiger partial charge in [-0.2, -0.15) is 0 Å². The number of hydrogen-bond acceptors (Lipinski definition) is 1. The molecule has 1 rings (SSSR count). The van der Waals surface area contributed by atoms with Crippen LogP contribution in [0.4, 0.5) is 0 Å². The lowest BCUT2D eigenvalue weighted by Gasteiger charge is -2.19. The van der Waals surface area contributed by atoms with Gasteiger partial charge in [0.2, 0.25) is 0 Å². The van der Waals surface area contributed by atoms with E-state index in [-0.39, 0.29) is 5.92 Å². The molecule has 0 saturated carbocycles. The molecule has 0 radical (unpaired) electrons. The van der Waals surface area contributed by atoms with E-state index in [1.165, 1.54) is 6.42 Å². The first-order valence-corrected chi connectivity index (χ1v) is 5.38. The van der Waals surface area contributed by atoms with Crippen LogP contribution in [-0.2, 0) is 4.79 Å². The van der Waals surface area contributed by atoms with Gasteiger partial charge in [-0.25, -0.2) is 0 Å². The number of ketones is 1. The van der Waals surface area contributed by atoms with Crippen LogP contribution in [0.3, 0.4) is 0 Å². The second kappa shape index (κ2) is 4.59. The van der Waals surface area contributed by atoms with Crippen molar-refractivity contribution >= 4 is 5.78 Å². The predicted octanol–water partition coefficient (Wildman–Crippen LogP) is 3.35. The number of rotatable bonds is 3. The van der Waals surface area contributed by atoms with E-state index in [4.69, 9.17) is 0 Å². The van der Waals surface area contributed by atoms with Crippen LogP contribution in [0, 0.1) is 11.8 Å². The Morgan fingerprint density at radius 1 is 1.69 bits per heavy atom. The number of allylic oxidation sites excluding steroid dienone is 2. The van der Waals surface area contributed by atoms with Crippen molar-refractivity contribution in [2.45, 2.75) is 46.5 Å². The van der Waals surface area contributed by atoms with E-state index >= 15 is 0 Å². The molecule has 1 heteroatoms. The molecule has 0 aromatic heterocycles. The molecule has 0 aromatic carbocycles. The van der Waals surface area contributed by atoms with E-state index < -0.39 is 0 Å². The SMILES string of the molecule is CCC(C)C(=O)C1=CCC(C)CC1. The molecule has 0 aliphatic heterocycles. The van der Waals surface area contributed by atoms with Crippen LogP contribution in [0.5, 0.6) is 0 Å². The van der Waals surface area contributed by atoms with Crippen LogP contribution in [0.2, 0.25) is 0 Å². The van der Waals surface area contributed by atoms with Crippen molar-refractivity contribution in [2.24, 2.45) is 11.8 Å². The molecule has 1 aliphatic carbocycles. The fraction of sp³-hybridized carbons (Fsp3) is 0.750. The normalized spacial score (nSPS) is 25.2. The highest BCUT2D eigenvalue weighted by Crippen LogP contribution is 2.25. The molecule has 0 spiro atoms. The lowest BCUT2D eigenvalue weighted by atomic mass is 9.85. The van der Waals surface area contributed by atoms with Gasteiger partial charge < -0.3 is 0 Å². The summed E-state index contributed by atoms with van der Waals surface area (Å²) < 4.78 is 0. The van der Waals surface area contributed by atoms with E-state index in [2.05, 4.69) is 19.9 Å². The van der Waals surface area contributed by atoms with Gasteiger partial charge in [-0.05, 0) is 37.2 Å². The van der Waals surface area contributed by atoms with Crippen molar-refractivity contribution in [1.29, 1.82) is 0 Å². The molecular formula is C12H20O. The summed E-state index contributed by atoms with van der Waals surface area (Å²) in [6.07, 6.45) is 6.41. The summed E-state index contributed by atoms with van der Waals surface area (Å²) in [4.78, 5) is 11.8. The van der Waals surface area contributed by atoms with Gasteiger partial charge in [0, 0.05) is 5.92 Å². The summed E-state index contributed by atoms with van der Waals surface area (Å²) in [5.41, 5.74) is 1.09. The molecule has 1 nitrogen and oxygen atoms in total. The molecule has 2 atom stereocenters. The Morgan fingerprint density at radius 2 is 2.38 bits per heavy atom. The molecule has 0 saturated heterocycles. The minimum Gasteiger partial charge on any atom is -0.294 e. The summed E-state index contributed by atoms with van der Waals surface area (Å²) in [7, 11) is 0. The number of Topliss-reactive ketones (excluding diaryl/α,β-unsaturated/α-hetero) is 1. The maximum atomic E-state index is 11.8. The molecule has 0 aromatic rings. The smallest absolute Gasteiger partial charge is 0.161 e. The summed E-state index contributed by atoms with van der Waals surface area (Å²) in [6, 6.07) is 0. The monoisotopic (exact) mass is 180 g/mol. The molecular weight excluding hydrogens is 160 g/mol. The number of carbonyl (C=O) groups is 1. The second-order valence-electron chi connectivity index (χ2n) is 4.28. The Morgan fingerprint density at radius 3 is 2.85 bits per heavy atom. The Labute approximate surface area is 81.2 Å². The molecule has 13 heavy (non-hydrogen) atoms. The quantitative estimate of drug-likeness (QED) is 0.651. The summed E-state index contributed by atoms with van der Waals surface area (Å²) in [5.74, 6) is 1.38. The van der Waals surface area contributed by atoms with Crippen molar-refractivity contribution in [3.8, 4) is 0 Å². The first-order valence-electron chi connectivity index (χ1n) is 5.38. The highest BCUT2D eigenvalue weighted by molar-refractivity contribution is 5.96. The molecule has 0 amide bonds. The van der Waals surface area contributed by atoms with Crippen molar-refractivity contribution in [2.75, 3.05) is 0 Å². The van der Waals surface area contributed by atoms with Crippen molar-refractivity contribution in [3.63, 3.8) is 0 Å². The number of hydrogen-bond donors (Lipinski definition) is 0. The Balaban J connectivity index is 2.57. The third-order valence-electron chi connectivity index (χ3n) is 3.05. The summed E-state index contributed by atoms with van der Waals surface area (Å²) >= 11 is 0. The van der Waals surface area contributed by atoms with Crippen molar-refractivity contribution in [1.82, 2.24) is 0 Å². The zero-order valence-corrected chi connectivity index (χ0v) is 8.97. The first-order chi connectivity index (χ1) is 6.15. The minimum absolute atomic E-state index is 0.222. The summed E-state index contributed by atoms with van der Waals surface area (Å²) in [6.45, 7) is 6.36. The van der Waals surface area contributed by atoms with Crippen LogP contribution in [0.25, 0.3) is 0 Å². The third-order valence-corrected chi connectivity index (χ3v) is 3.05. The standard InChI is InChI=1S/C12H20O/c1-4-10(3)12(13)11-7-5-9(2)6-8-11/h7,9-10H,4-6,8H2,1-3H3. The highest BCUT2D eigenvalue weighted by atomic mass is 16.1. The van der Waals surface area contributed by atoms with Crippen LogP contribution in [0.15, 0.2) is 11.6 Å². The molecule has 2 unspecified atom stereocenters. The van der Waals surface area contributed by atoms with Gasteiger partial charge in [0.15, 0.2) is 5.78 Å². The van der Waals surface area contributed by atoms with E-state index in [1.807, 2.05) is 6.92 Å². The lowest BCUT2D eigenvalue weighted by Crippen LogP contribution is -2.16. The van der Waals surface area contributed by atoms with Crippen LogP contribution in [0.1, 0.15) is 46.5 Å².